The standard InChI is InChI=1S/C19H31N5O/c1-22-17(14-23-10-3-2-4-11-23)20-21-18(22)16-9-6-12-24(13-16)19(25)15-7-5-8-15/h15-16H,2-14H2,1H3/t16-/m1/s1. The van der Waals surface area contributed by atoms with Gasteiger partial charge in [-0.15, -0.1) is 10.2 Å². The second-order valence-electron chi connectivity index (χ2n) is 8.12. The molecule has 1 aromatic rings. The molecule has 2 saturated heterocycles. The van der Waals surface area contributed by atoms with E-state index in [0.29, 0.717) is 17.7 Å². The maximum Gasteiger partial charge on any atom is 0.225 e. The summed E-state index contributed by atoms with van der Waals surface area (Å²) in [6.07, 6.45) is 9.54. The maximum absolute atomic E-state index is 12.6. The molecule has 3 heterocycles. The Morgan fingerprint density at radius 1 is 1.00 bits per heavy atom. The minimum atomic E-state index is 0.299. The largest absolute Gasteiger partial charge is 0.342 e. The highest BCUT2D eigenvalue weighted by molar-refractivity contribution is 5.79. The molecule has 0 aromatic carbocycles. The Hall–Kier alpha value is -1.43. The molecule has 4 rings (SSSR count). The number of hydrogen-bond acceptors (Lipinski definition) is 4. The number of likely N-dealkylation sites (tertiary alicyclic amines) is 2. The summed E-state index contributed by atoms with van der Waals surface area (Å²) in [5.74, 6) is 3.16. The van der Waals surface area contributed by atoms with Gasteiger partial charge in [-0.25, -0.2) is 0 Å². The zero-order chi connectivity index (χ0) is 17.2. The summed E-state index contributed by atoms with van der Waals surface area (Å²) in [7, 11) is 2.10. The van der Waals surface area contributed by atoms with E-state index in [4.69, 9.17) is 0 Å². The molecule has 1 aliphatic carbocycles. The van der Waals surface area contributed by atoms with Gasteiger partial charge in [0.2, 0.25) is 5.91 Å². The lowest BCUT2D eigenvalue weighted by Crippen LogP contribution is -2.44. The van der Waals surface area contributed by atoms with Crippen LogP contribution in [0.4, 0.5) is 0 Å². The van der Waals surface area contributed by atoms with Gasteiger partial charge in [-0.3, -0.25) is 9.69 Å². The molecule has 1 saturated carbocycles. The summed E-state index contributed by atoms with van der Waals surface area (Å²) in [5.41, 5.74) is 0. The average molecular weight is 345 g/mol. The Labute approximate surface area is 150 Å². The molecule has 2 aliphatic heterocycles. The summed E-state index contributed by atoms with van der Waals surface area (Å²) in [5, 5.41) is 9.01. The third kappa shape index (κ3) is 3.59. The van der Waals surface area contributed by atoms with Crippen molar-refractivity contribution in [2.75, 3.05) is 26.2 Å². The molecular formula is C19H31N5O. The van der Waals surface area contributed by atoms with Crippen LogP contribution in [0.1, 0.15) is 68.9 Å². The quantitative estimate of drug-likeness (QED) is 0.840. The first kappa shape index (κ1) is 17.0. The first-order valence-electron chi connectivity index (χ1n) is 10.1. The van der Waals surface area contributed by atoms with Gasteiger partial charge in [0.1, 0.15) is 11.6 Å². The van der Waals surface area contributed by atoms with Crippen LogP contribution in [0.3, 0.4) is 0 Å². The van der Waals surface area contributed by atoms with Gasteiger partial charge in [0.15, 0.2) is 0 Å². The van der Waals surface area contributed by atoms with Crippen LogP contribution in [-0.4, -0.2) is 56.7 Å². The first-order chi connectivity index (χ1) is 12.2. The molecule has 25 heavy (non-hydrogen) atoms. The third-order valence-corrected chi connectivity index (χ3v) is 6.37. The fraction of sp³-hybridized carbons (Fsp3) is 0.842. The summed E-state index contributed by atoms with van der Waals surface area (Å²) < 4.78 is 2.19. The fourth-order valence-corrected chi connectivity index (χ4v) is 4.49. The summed E-state index contributed by atoms with van der Waals surface area (Å²) in [6.45, 7) is 5.00. The molecule has 6 heteroatoms. The maximum atomic E-state index is 12.6. The van der Waals surface area contributed by atoms with Gasteiger partial charge in [0, 0.05) is 32.0 Å². The second-order valence-corrected chi connectivity index (χ2v) is 8.12. The predicted octanol–water partition coefficient (Wildman–Crippen LogP) is 2.31. The molecule has 0 bridgehead atoms. The van der Waals surface area contributed by atoms with Crippen LogP contribution in [0.5, 0.6) is 0 Å². The highest BCUT2D eigenvalue weighted by atomic mass is 16.2. The number of carbonyl (C=O) groups is 1. The van der Waals surface area contributed by atoms with Crippen LogP contribution in [0.15, 0.2) is 0 Å². The van der Waals surface area contributed by atoms with E-state index < -0.39 is 0 Å². The van der Waals surface area contributed by atoms with Crippen LogP contribution >= 0.6 is 0 Å². The molecule has 1 amide bonds. The van der Waals surface area contributed by atoms with Crippen LogP contribution in [0.25, 0.3) is 0 Å². The minimum Gasteiger partial charge on any atom is -0.342 e. The van der Waals surface area contributed by atoms with Crippen molar-refractivity contribution in [3.05, 3.63) is 11.6 Å². The van der Waals surface area contributed by atoms with E-state index in [1.165, 1.54) is 38.8 Å². The van der Waals surface area contributed by atoms with Gasteiger partial charge in [-0.05, 0) is 51.6 Å². The van der Waals surface area contributed by atoms with Crippen molar-refractivity contribution in [2.24, 2.45) is 13.0 Å². The van der Waals surface area contributed by atoms with E-state index in [2.05, 4.69) is 31.6 Å². The van der Waals surface area contributed by atoms with Crippen molar-refractivity contribution < 1.29 is 4.79 Å². The topological polar surface area (TPSA) is 54.3 Å². The molecule has 138 valence electrons. The molecule has 3 aliphatic rings. The fourth-order valence-electron chi connectivity index (χ4n) is 4.49. The van der Waals surface area contributed by atoms with Gasteiger partial charge in [0.05, 0.1) is 6.54 Å². The van der Waals surface area contributed by atoms with Crippen LogP contribution in [0, 0.1) is 5.92 Å². The van der Waals surface area contributed by atoms with Crippen LogP contribution in [-0.2, 0) is 18.4 Å². The highest BCUT2D eigenvalue weighted by Gasteiger charge is 2.34. The number of aromatic nitrogens is 3. The van der Waals surface area contributed by atoms with Crippen molar-refractivity contribution in [3.63, 3.8) is 0 Å². The van der Waals surface area contributed by atoms with Crippen molar-refractivity contribution in [1.29, 1.82) is 0 Å². The Kier molecular flexibility index (Phi) is 5.06. The van der Waals surface area contributed by atoms with Crippen molar-refractivity contribution in [1.82, 2.24) is 24.6 Å². The molecule has 0 unspecified atom stereocenters. The van der Waals surface area contributed by atoms with Gasteiger partial charge in [-0.2, -0.15) is 0 Å². The molecule has 0 N–H and O–H groups in total. The van der Waals surface area contributed by atoms with Crippen LogP contribution in [0.2, 0.25) is 0 Å². The lowest BCUT2D eigenvalue weighted by atomic mass is 9.83. The van der Waals surface area contributed by atoms with E-state index in [9.17, 15) is 4.79 Å². The van der Waals surface area contributed by atoms with E-state index >= 15 is 0 Å². The number of nitrogens with zero attached hydrogens (tertiary/aromatic N) is 5. The van der Waals surface area contributed by atoms with E-state index in [1.807, 2.05) is 0 Å². The van der Waals surface area contributed by atoms with Gasteiger partial charge < -0.3 is 9.47 Å². The molecule has 0 spiro atoms. The minimum absolute atomic E-state index is 0.299. The van der Waals surface area contributed by atoms with Crippen LogP contribution < -0.4 is 0 Å². The molecule has 1 atom stereocenters. The zero-order valence-electron chi connectivity index (χ0n) is 15.5. The van der Waals surface area contributed by atoms with E-state index in [0.717, 1.165) is 57.0 Å². The average Bonchev–Trinajstić information content (AvgIpc) is 2.95. The second kappa shape index (κ2) is 7.44. The lowest BCUT2D eigenvalue weighted by molar-refractivity contribution is -0.139. The van der Waals surface area contributed by atoms with Crippen molar-refractivity contribution in [2.45, 2.75) is 63.8 Å². The first-order valence-corrected chi connectivity index (χ1v) is 10.1. The number of carbonyl (C=O) groups excluding carboxylic acids is 1. The van der Waals surface area contributed by atoms with Gasteiger partial charge in [0.25, 0.3) is 0 Å². The van der Waals surface area contributed by atoms with Crippen molar-refractivity contribution >= 4 is 5.91 Å². The van der Waals surface area contributed by atoms with Gasteiger partial charge in [-0.1, -0.05) is 12.8 Å². The van der Waals surface area contributed by atoms with Gasteiger partial charge >= 0.3 is 0 Å². The van der Waals surface area contributed by atoms with E-state index in [1.54, 1.807) is 0 Å². The normalized spacial score (nSPS) is 25.8. The summed E-state index contributed by atoms with van der Waals surface area (Å²) in [4.78, 5) is 17.2. The Morgan fingerprint density at radius 2 is 1.80 bits per heavy atom. The Balaban J connectivity index is 1.41. The molecule has 3 fully saturated rings. The molecular weight excluding hydrogens is 314 g/mol. The van der Waals surface area contributed by atoms with Crippen molar-refractivity contribution in [3.8, 4) is 0 Å². The zero-order valence-corrected chi connectivity index (χ0v) is 15.5. The Bertz CT molecular complexity index is 603. The van der Waals surface area contributed by atoms with E-state index in [-0.39, 0.29) is 0 Å². The summed E-state index contributed by atoms with van der Waals surface area (Å²) >= 11 is 0. The summed E-state index contributed by atoms with van der Waals surface area (Å²) in [6, 6.07) is 0. The number of amides is 1. The SMILES string of the molecule is Cn1c(CN2CCCCC2)nnc1[C@@H]1CCCN(C(=O)C2CCC2)C1. The molecule has 1 aromatic heterocycles. The molecule has 6 nitrogen and oxygen atoms in total. The number of hydrogen-bond donors (Lipinski definition) is 0. The monoisotopic (exact) mass is 345 g/mol. The number of piperidine rings is 2. The number of rotatable bonds is 4. The Morgan fingerprint density at radius 3 is 2.52 bits per heavy atom. The lowest BCUT2D eigenvalue weighted by Gasteiger charge is -2.36. The third-order valence-electron chi connectivity index (χ3n) is 6.37. The smallest absolute Gasteiger partial charge is 0.225 e. The highest BCUT2D eigenvalue weighted by Crippen LogP contribution is 2.32. The predicted molar refractivity (Wildman–Crippen MR) is 96.0 cm³/mol. The molecule has 0 radical (unpaired) electrons.